The molecule has 2 aromatic carbocycles. The fourth-order valence-electron chi connectivity index (χ4n) is 2.40. The molecular weight excluding hydrogens is 374 g/mol. The molecule has 0 aliphatic heterocycles. The van der Waals surface area contributed by atoms with Crippen molar-refractivity contribution in [2.24, 2.45) is 0 Å². The molecule has 3 N–H and O–H groups in total. The number of benzene rings is 2. The highest BCUT2D eigenvalue weighted by molar-refractivity contribution is 7.92. The van der Waals surface area contributed by atoms with Crippen LogP contribution in [-0.2, 0) is 10.0 Å². The predicted molar refractivity (Wildman–Crippen MR) is 97.8 cm³/mol. The highest BCUT2D eigenvalue weighted by Crippen LogP contribution is 2.47. The highest BCUT2D eigenvalue weighted by Gasteiger charge is 2.25. The summed E-state index contributed by atoms with van der Waals surface area (Å²) < 4.78 is 42.6. The number of hydrogen-bond donors (Lipinski definition) is 3. The van der Waals surface area contributed by atoms with E-state index in [9.17, 15) is 18.6 Å². The van der Waals surface area contributed by atoms with Crippen LogP contribution < -0.4 is 14.2 Å². The maximum absolute atomic E-state index is 12.4. The van der Waals surface area contributed by atoms with Crippen LogP contribution >= 0.6 is 0 Å². The molecule has 0 unspecified atom stereocenters. The molecule has 0 atom stereocenters. The van der Waals surface area contributed by atoms with E-state index in [1.54, 1.807) is 24.3 Å². The molecule has 8 nitrogen and oxygen atoms in total. The Morgan fingerprint density at radius 2 is 1.52 bits per heavy atom. The number of hydrogen-bond acceptors (Lipinski definition) is 7. The lowest BCUT2D eigenvalue weighted by Gasteiger charge is -2.07. The molecule has 0 radical (unpaired) electrons. The van der Waals surface area contributed by atoms with E-state index < -0.39 is 27.4 Å². The van der Waals surface area contributed by atoms with Gasteiger partial charge in [-0.3, -0.25) is 0 Å². The number of methoxy groups -OCH3 is 2. The van der Waals surface area contributed by atoms with Gasteiger partial charge in [0.05, 0.1) is 19.1 Å². The van der Waals surface area contributed by atoms with Gasteiger partial charge < -0.3 is 24.1 Å². The van der Waals surface area contributed by atoms with Gasteiger partial charge in [0.15, 0.2) is 5.76 Å². The fraction of sp³-hybridized carbons (Fsp3) is 0.111. The Kier molecular flexibility index (Phi) is 4.87. The van der Waals surface area contributed by atoms with Crippen molar-refractivity contribution in [3.8, 4) is 34.3 Å². The molecule has 0 spiro atoms. The van der Waals surface area contributed by atoms with E-state index in [1.807, 2.05) is 0 Å². The average molecular weight is 391 g/mol. The maximum Gasteiger partial charge on any atom is 0.264 e. The Morgan fingerprint density at radius 1 is 0.926 bits per heavy atom. The van der Waals surface area contributed by atoms with Gasteiger partial charge in [0.2, 0.25) is 11.5 Å². The van der Waals surface area contributed by atoms with E-state index in [-0.39, 0.29) is 10.7 Å². The van der Waals surface area contributed by atoms with Gasteiger partial charge >= 0.3 is 0 Å². The van der Waals surface area contributed by atoms with Crippen LogP contribution in [0.3, 0.4) is 0 Å². The number of rotatable bonds is 6. The first-order chi connectivity index (χ1) is 12.9. The molecule has 0 saturated heterocycles. The normalized spacial score (nSPS) is 11.2. The van der Waals surface area contributed by atoms with Crippen molar-refractivity contribution in [2.75, 3.05) is 18.9 Å². The Balaban J connectivity index is 2.03. The first-order valence-electron chi connectivity index (χ1n) is 7.71. The van der Waals surface area contributed by atoms with E-state index in [2.05, 4.69) is 4.72 Å². The third-order valence-electron chi connectivity index (χ3n) is 3.75. The molecule has 0 aliphatic carbocycles. The standard InChI is InChI=1S/C18H17NO7S/c1-24-12-8-11(9-13(10-12)25-2)17-15(20)16(21)18(26-17)19-27(22,23)14-6-4-3-5-7-14/h3-10,19-21H,1-2H3. The molecule has 27 heavy (non-hydrogen) atoms. The molecule has 0 amide bonds. The number of ether oxygens (including phenoxy) is 2. The first kappa shape index (κ1) is 18.5. The van der Waals surface area contributed by atoms with Crippen LogP contribution in [0.15, 0.2) is 57.8 Å². The summed E-state index contributed by atoms with van der Waals surface area (Å²) in [6.45, 7) is 0. The second-order valence-electron chi connectivity index (χ2n) is 5.48. The maximum atomic E-state index is 12.4. The lowest BCUT2D eigenvalue weighted by atomic mass is 10.1. The van der Waals surface area contributed by atoms with Crippen LogP contribution in [0, 0.1) is 0 Å². The van der Waals surface area contributed by atoms with Crippen molar-refractivity contribution in [3.05, 3.63) is 48.5 Å². The number of aromatic hydroxyl groups is 2. The molecule has 0 bridgehead atoms. The Morgan fingerprint density at radius 3 is 2.07 bits per heavy atom. The third-order valence-corrected chi connectivity index (χ3v) is 5.10. The Labute approximate surface area is 155 Å². The van der Waals surface area contributed by atoms with Gasteiger partial charge in [-0.2, -0.15) is 0 Å². The second kappa shape index (κ2) is 7.12. The summed E-state index contributed by atoms with van der Waals surface area (Å²) in [5, 5.41) is 20.3. The quantitative estimate of drug-likeness (QED) is 0.590. The molecule has 3 aromatic rings. The minimum Gasteiger partial charge on any atom is -0.502 e. The zero-order chi connectivity index (χ0) is 19.6. The summed E-state index contributed by atoms with van der Waals surface area (Å²) in [5.41, 5.74) is 0.323. The van der Waals surface area contributed by atoms with Gasteiger partial charge in [0.1, 0.15) is 11.5 Å². The van der Waals surface area contributed by atoms with Crippen LogP contribution in [0.2, 0.25) is 0 Å². The van der Waals surface area contributed by atoms with Gasteiger partial charge in [-0.15, -0.1) is 0 Å². The topological polar surface area (TPSA) is 118 Å². The van der Waals surface area contributed by atoms with Crippen LogP contribution in [0.5, 0.6) is 23.0 Å². The van der Waals surface area contributed by atoms with Crippen LogP contribution in [0.4, 0.5) is 5.88 Å². The van der Waals surface area contributed by atoms with Gasteiger partial charge in [-0.25, -0.2) is 13.1 Å². The molecule has 0 saturated carbocycles. The van der Waals surface area contributed by atoms with Gasteiger partial charge in [-0.05, 0) is 24.3 Å². The monoisotopic (exact) mass is 391 g/mol. The molecule has 0 fully saturated rings. The number of sulfonamides is 1. The molecule has 9 heteroatoms. The van der Waals surface area contributed by atoms with Crippen molar-refractivity contribution in [2.45, 2.75) is 4.90 Å². The fourth-order valence-corrected chi connectivity index (χ4v) is 3.41. The number of furan rings is 1. The summed E-state index contributed by atoms with van der Waals surface area (Å²) in [6.07, 6.45) is 0. The van der Waals surface area contributed by atoms with Gasteiger partial charge in [0, 0.05) is 11.6 Å². The molecule has 1 aromatic heterocycles. The first-order valence-corrected chi connectivity index (χ1v) is 9.20. The molecular formula is C18H17NO7S. The molecule has 0 aliphatic rings. The van der Waals surface area contributed by atoms with Crippen LogP contribution in [0.1, 0.15) is 0 Å². The molecule has 3 rings (SSSR count). The van der Waals surface area contributed by atoms with Gasteiger partial charge in [0.25, 0.3) is 15.9 Å². The van der Waals surface area contributed by atoms with E-state index in [1.165, 1.54) is 38.5 Å². The van der Waals surface area contributed by atoms with Crippen molar-refractivity contribution in [1.29, 1.82) is 0 Å². The van der Waals surface area contributed by atoms with Crippen molar-refractivity contribution < 1.29 is 32.5 Å². The minimum absolute atomic E-state index is 0.0233. The SMILES string of the molecule is COc1cc(OC)cc(-c2oc(NS(=O)(=O)c3ccccc3)c(O)c2O)c1. The zero-order valence-corrected chi connectivity index (χ0v) is 15.3. The lowest BCUT2D eigenvalue weighted by molar-refractivity contribution is 0.394. The summed E-state index contributed by atoms with van der Waals surface area (Å²) in [7, 11) is -1.10. The van der Waals surface area contributed by atoms with Crippen molar-refractivity contribution in [1.82, 2.24) is 0 Å². The summed E-state index contributed by atoms with van der Waals surface area (Å²) in [6, 6.07) is 12.2. The lowest BCUT2D eigenvalue weighted by Crippen LogP contribution is -2.12. The predicted octanol–water partition coefficient (Wildman–Crippen LogP) is 3.18. The smallest absolute Gasteiger partial charge is 0.264 e. The Hall–Kier alpha value is -3.33. The van der Waals surface area contributed by atoms with E-state index in [4.69, 9.17) is 13.9 Å². The third kappa shape index (κ3) is 3.63. The molecule has 142 valence electrons. The number of nitrogens with one attached hydrogen (secondary N) is 1. The van der Waals surface area contributed by atoms with E-state index >= 15 is 0 Å². The summed E-state index contributed by atoms with van der Waals surface area (Å²) in [4.78, 5) is -0.0233. The second-order valence-corrected chi connectivity index (χ2v) is 7.16. The Bertz CT molecular complexity index is 1040. The van der Waals surface area contributed by atoms with Gasteiger partial charge in [-0.1, -0.05) is 18.2 Å². The van der Waals surface area contributed by atoms with Crippen LogP contribution in [-0.4, -0.2) is 32.9 Å². The van der Waals surface area contributed by atoms with Crippen molar-refractivity contribution >= 4 is 15.9 Å². The highest BCUT2D eigenvalue weighted by atomic mass is 32.2. The van der Waals surface area contributed by atoms with Crippen molar-refractivity contribution in [3.63, 3.8) is 0 Å². The summed E-state index contributed by atoms with van der Waals surface area (Å²) >= 11 is 0. The summed E-state index contributed by atoms with van der Waals surface area (Å²) in [5.74, 6) is -1.15. The van der Waals surface area contributed by atoms with Crippen LogP contribution in [0.25, 0.3) is 11.3 Å². The largest absolute Gasteiger partial charge is 0.502 e. The number of anilines is 1. The molecule has 1 heterocycles. The van der Waals surface area contributed by atoms with E-state index in [0.29, 0.717) is 17.1 Å². The van der Waals surface area contributed by atoms with E-state index in [0.717, 1.165) is 0 Å². The average Bonchev–Trinajstić information content (AvgIpc) is 2.96. The zero-order valence-electron chi connectivity index (χ0n) is 14.5. The minimum atomic E-state index is -4.01.